The maximum absolute atomic E-state index is 12.3. The van der Waals surface area contributed by atoms with Gasteiger partial charge in [0, 0.05) is 12.6 Å². The third-order valence-corrected chi connectivity index (χ3v) is 3.44. The SMILES string of the molecule is CC(C)n1cnnc1SCC(=O)N(CCO)CC(F)F. The molecule has 1 aromatic rings. The van der Waals surface area contributed by atoms with Crippen molar-refractivity contribution in [1.29, 1.82) is 0 Å². The van der Waals surface area contributed by atoms with E-state index < -0.39 is 18.9 Å². The molecule has 114 valence electrons. The summed E-state index contributed by atoms with van der Waals surface area (Å²) in [4.78, 5) is 12.8. The highest BCUT2D eigenvalue weighted by atomic mass is 32.2. The first-order valence-corrected chi connectivity index (χ1v) is 7.13. The number of rotatable bonds is 8. The van der Waals surface area contributed by atoms with Crippen molar-refractivity contribution in [2.75, 3.05) is 25.4 Å². The molecule has 1 aromatic heterocycles. The lowest BCUT2D eigenvalue weighted by molar-refractivity contribution is -0.130. The third kappa shape index (κ3) is 5.04. The molecule has 1 heterocycles. The highest BCUT2D eigenvalue weighted by Crippen LogP contribution is 2.19. The zero-order chi connectivity index (χ0) is 15.1. The predicted molar refractivity (Wildman–Crippen MR) is 70.8 cm³/mol. The van der Waals surface area contributed by atoms with Gasteiger partial charge in [-0.3, -0.25) is 4.79 Å². The molecule has 0 aliphatic rings. The lowest BCUT2D eigenvalue weighted by Gasteiger charge is -2.21. The molecule has 0 atom stereocenters. The maximum Gasteiger partial charge on any atom is 0.255 e. The van der Waals surface area contributed by atoms with Crippen LogP contribution in [0.25, 0.3) is 0 Å². The Hall–Kier alpha value is -1.22. The predicted octanol–water partition coefficient (Wildman–Crippen LogP) is 1.04. The standard InChI is InChI=1S/C11H18F2N4O2S/c1-8(2)17-7-14-15-11(17)20-6-10(19)16(3-4-18)5-9(12)13/h7-9,18H,3-6H2,1-2H3. The molecule has 0 fully saturated rings. The minimum absolute atomic E-state index is 0.0157. The van der Waals surface area contributed by atoms with E-state index in [-0.39, 0.29) is 24.9 Å². The fraction of sp³-hybridized carbons (Fsp3) is 0.727. The summed E-state index contributed by atoms with van der Waals surface area (Å²) in [6.45, 7) is 2.79. The molecule has 1 rings (SSSR count). The van der Waals surface area contributed by atoms with Gasteiger partial charge in [-0.25, -0.2) is 8.78 Å². The maximum atomic E-state index is 12.3. The van der Waals surface area contributed by atoms with E-state index in [2.05, 4.69) is 10.2 Å². The monoisotopic (exact) mass is 308 g/mol. The summed E-state index contributed by atoms with van der Waals surface area (Å²) >= 11 is 1.14. The van der Waals surface area contributed by atoms with Crippen LogP contribution in [0.3, 0.4) is 0 Å². The summed E-state index contributed by atoms with van der Waals surface area (Å²) in [5.74, 6) is -0.472. The van der Waals surface area contributed by atoms with Gasteiger partial charge >= 0.3 is 0 Å². The van der Waals surface area contributed by atoms with Crippen molar-refractivity contribution in [2.45, 2.75) is 31.5 Å². The lowest BCUT2D eigenvalue weighted by atomic mass is 10.4. The number of nitrogens with zero attached hydrogens (tertiary/aromatic N) is 4. The van der Waals surface area contributed by atoms with Gasteiger partial charge in [0.05, 0.1) is 18.9 Å². The zero-order valence-corrected chi connectivity index (χ0v) is 12.2. The summed E-state index contributed by atoms with van der Waals surface area (Å²) < 4.78 is 26.5. The van der Waals surface area contributed by atoms with E-state index in [1.165, 1.54) is 0 Å². The van der Waals surface area contributed by atoms with E-state index >= 15 is 0 Å². The van der Waals surface area contributed by atoms with E-state index in [4.69, 9.17) is 5.11 Å². The number of alkyl halides is 2. The molecular formula is C11H18F2N4O2S. The first-order chi connectivity index (χ1) is 9.45. The second kappa shape index (κ2) is 8.15. The van der Waals surface area contributed by atoms with Gasteiger partial charge in [-0.2, -0.15) is 0 Å². The molecule has 0 saturated heterocycles. The smallest absolute Gasteiger partial charge is 0.255 e. The number of hydrogen-bond donors (Lipinski definition) is 1. The van der Waals surface area contributed by atoms with Crippen LogP contribution in [0.1, 0.15) is 19.9 Å². The average molecular weight is 308 g/mol. The number of thioether (sulfide) groups is 1. The van der Waals surface area contributed by atoms with Gasteiger partial charge in [0.15, 0.2) is 5.16 Å². The Morgan fingerprint density at radius 3 is 2.80 bits per heavy atom. The van der Waals surface area contributed by atoms with E-state index in [1.54, 1.807) is 10.9 Å². The van der Waals surface area contributed by atoms with Crippen molar-refractivity contribution in [3.63, 3.8) is 0 Å². The van der Waals surface area contributed by atoms with Gasteiger partial charge in [0.2, 0.25) is 5.91 Å². The molecule has 0 bridgehead atoms. The van der Waals surface area contributed by atoms with Crippen LogP contribution in [0.15, 0.2) is 11.5 Å². The molecule has 20 heavy (non-hydrogen) atoms. The highest BCUT2D eigenvalue weighted by molar-refractivity contribution is 7.99. The van der Waals surface area contributed by atoms with E-state index in [9.17, 15) is 13.6 Å². The molecular weight excluding hydrogens is 290 g/mol. The van der Waals surface area contributed by atoms with Gasteiger partial charge < -0.3 is 14.6 Å². The molecule has 0 saturated carbocycles. The Labute approximate surface area is 120 Å². The van der Waals surface area contributed by atoms with E-state index in [1.807, 2.05) is 13.8 Å². The molecule has 0 aliphatic heterocycles. The highest BCUT2D eigenvalue weighted by Gasteiger charge is 2.19. The Bertz CT molecular complexity index is 428. The average Bonchev–Trinajstić information content (AvgIpc) is 2.83. The van der Waals surface area contributed by atoms with E-state index in [0.717, 1.165) is 16.7 Å². The number of aliphatic hydroxyl groups is 1. The third-order valence-electron chi connectivity index (χ3n) is 2.50. The van der Waals surface area contributed by atoms with Gasteiger partial charge in [0.25, 0.3) is 6.43 Å². The quantitative estimate of drug-likeness (QED) is 0.727. The summed E-state index contributed by atoms with van der Waals surface area (Å²) in [7, 11) is 0. The first-order valence-electron chi connectivity index (χ1n) is 6.14. The summed E-state index contributed by atoms with van der Waals surface area (Å²) in [5, 5.41) is 17.0. The van der Waals surface area contributed by atoms with Gasteiger partial charge in [-0.1, -0.05) is 11.8 Å². The Balaban J connectivity index is 2.58. The summed E-state index contributed by atoms with van der Waals surface area (Å²) in [6, 6.07) is 0.150. The number of hydrogen-bond acceptors (Lipinski definition) is 5. The van der Waals surface area contributed by atoms with Gasteiger partial charge in [-0.05, 0) is 13.8 Å². The van der Waals surface area contributed by atoms with Gasteiger partial charge in [-0.15, -0.1) is 10.2 Å². The van der Waals surface area contributed by atoms with E-state index in [0.29, 0.717) is 5.16 Å². The largest absolute Gasteiger partial charge is 0.395 e. The van der Waals surface area contributed by atoms with Crippen molar-refractivity contribution in [3.8, 4) is 0 Å². The molecule has 0 spiro atoms. The Morgan fingerprint density at radius 2 is 2.25 bits per heavy atom. The number of amides is 1. The fourth-order valence-electron chi connectivity index (χ4n) is 1.51. The fourth-order valence-corrected chi connectivity index (χ4v) is 2.46. The molecule has 9 heteroatoms. The molecule has 1 amide bonds. The van der Waals surface area contributed by atoms with Crippen LogP contribution in [0, 0.1) is 0 Å². The molecule has 0 aliphatic carbocycles. The first kappa shape index (κ1) is 16.8. The number of halogens is 2. The van der Waals surface area contributed by atoms with Crippen molar-refractivity contribution < 1.29 is 18.7 Å². The van der Waals surface area contributed by atoms with Crippen molar-refractivity contribution in [2.24, 2.45) is 0 Å². The lowest BCUT2D eigenvalue weighted by Crippen LogP contribution is -2.38. The van der Waals surface area contributed by atoms with Crippen LogP contribution in [-0.4, -0.2) is 62.6 Å². The minimum Gasteiger partial charge on any atom is -0.395 e. The second-order valence-corrected chi connectivity index (χ2v) is 5.30. The number of carbonyl (C=O) groups excluding carboxylic acids is 1. The normalized spacial score (nSPS) is 11.3. The van der Waals surface area contributed by atoms with Crippen molar-refractivity contribution >= 4 is 17.7 Å². The minimum atomic E-state index is -2.62. The van der Waals surface area contributed by atoms with Crippen LogP contribution in [0.4, 0.5) is 8.78 Å². The molecule has 1 N–H and O–H groups in total. The van der Waals surface area contributed by atoms with Crippen LogP contribution >= 0.6 is 11.8 Å². The number of aliphatic hydroxyl groups excluding tert-OH is 1. The molecule has 0 unspecified atom stereocenters. The Morgan fingerprint density at radius 1 is 1.55 bits per heavy atom. The number of carbonyl (C=O) groups is 1. The van der Waals surface area contributed by atoms with Crippen LogP contribution in [-0.2, 0) is 4.79 Å². The number of aromatic nitrogens is 3. The summed E-state index contributed by atoms with van der Waals surface area (Å²) in [6.07, 6.45) is -1.06. The van der Waals surface area contributed by atoms with Gasteiger partial charge in [0.1, 0.15) is 6.33 Å². The molecule has 0 radical (unpaired) electrons. The van der Waals surface area contributed by atoms with Crippen molar-refractivity contribution in [1.82, 2.24) is 19.7 Å². The summed E-state index contributed by atoms with van der Waals surface area (Å²) in [5.41, 5.74) is 0. The van der Waals surface area contributed by atoms with Crippen LogP contribution in [0.2, 0.25) is 0 Å². The molecule has 0 aromatic carbocycles. The second-order valence-electron chi connectivity index (χ2n) is 4.36. The Kier molecular flexibility index (Phi) is 6.86. The molecule has 6 nitrogen and oxygen atoms in total. The topological polar surface area (TPSA) is 71.2 Å². The van der Waals surface area contributed by atoms with Crippen LogP contribution < -0.4 is 0 Å². The van der Waals surface area contributed by atoms with Crippen LogP contribution in [0.5, 0.6) is 0 Å². The van der Waals surface area contributed by atoms with Crippen molar-refractivity contribution in [3.05, 3.63) is 6.33 Å². The zero-order valence-electron chi connectivity index (χ0n) is 11.4.